The van der Waals surface area contributed by atoms with Crippen LogP contribution in [-0.2, 0) is 11.2 Å². The molecule has 0 radical (unpaired) electrons. The van der Waals surface area contributed by atoms with Crippen LogP contribution in [-0.4, -0.2) is 53.5 Å². The van der Waals surface area contributed by atoms with E-state index >= 15 is 0 Å². The number of piperazine rings is 1. The Hall–Kier alpha value is -2.21. The molecule has 1 fully saturated rings. The van der Waals surface area contributed by atoms with Crippen molar-refractivity contribution in [2.75, 3.05) is 31.6 Å². The number of unbranched alkanes of at least 4 members (excludes halogenated alkanes) is 1. The average molecular weight is 341 g/mol. The van der Waals surface area contributed by atoms with Gasteiger partial charge in [-0.25, -0.2) is 9.97 Å². The van der Waals surface area contributed by atoms with Crippen molar-refractivity contribution in [3.8, 4) is 0 Å². The van der Waals surface area contributed by atoms with E-state index in [-0.39, 0.29) is 11.9 Å². The Morgan fingerprint density at radius 1 is 1.24 bits per heavy atom. The Balaban J connectivity index is 2.06. The number of carbonyl (C=O) groups excluding carboxylic acids is 1. The maximum atomic E-state index is 12.8. The van der Waals surface area contributed by atoms with Crippen LogP contribution in [0.3, 0.4) is 0 Å². The van der Waals surface area contributed by atoms with Crippen molar-refractivity contribution in [1.82, 2.24) is 14.9 Å². The summed E-state index contributed by atoms with van der Waals surface area (Å²) in [5.74, 6) is 1.80. The number of anilines is 1. The zero-order valence-electron chi connectivity index (χ0n) is 15.1. The molecule has 0 spiro atoms. The Labute approximate surface area is 149 Å². The lowest BCUT2D eigenvalue weighted by Crippen LogP contribution is -2.56. The highest BCUT2D eigenvalue weighted by Gasteiger charge is 2.34. The highest BCUT2D eigenvalue weighted by atomic mass is 16.2. The fourth-order valence-corrected chi connectivity index (χ4v) is 3.41. The molecule has 2 heterocycles. The molecule has 2 N–H and O–H groups in total. The fourth-order valence-electron chi connectivity index (χ4n) is 3.41. The molecule has 6 heteroatoms. The molecule has 25 heavy (non-hydrogen) atoms. The molecule has 6 nitrogen and oxygen atoms in total. The molecule has 0 aliphatic carbocycles. The molecule has 1 aliphatic heterocycles. The van der Waals surface area contributed by atoms with E-state index in [2.05, 4.69) is 16.8 Å². The molecule has 1 saturated heterocycles. The van der Waals surface area contributed by atoms with Gasteiger partial charge in [0, 0.05) is 31.9 Å². The summed E-state index contributed by atoms with van der Waals surface area (Å²) in [6, 6.07) is 7.87. The van der Waals surface area contributed by atoms with Gasteiger partial charge in [-0.2, -0.15) is 0 Å². The smallest absolute Gasteiger partial charge is 0.245 e. The van der Waals surface area contributed by atoms with Crippen molar-refractivity contribution < 1.29 is 4.79 Å². The zero-order chi connectivity index (χ0) is 17.8. The van der Waals surface area contributed by atoms with E-state index in [1.807, 2.05) is 36.2 Å². The van der Waals surface area contributed by atoms with Crippen LogP contribution in [0, 0.1) is 0 Å². The lowest BCUT2D eigenvalue weighted by atomic mass is 10.0. The van der Waals surface area contributed by atoms with E-state index in [4.69, 9.17) is 10.7 Å². The van der Waals surface area contributed by atoms with Crippen LogP contribution in [0.1, 0.15) is 32.0 Å². The van der Waals surface area contributed by atoms with Crippen molar-refractivity contribution in [2.24, 2.45) is 5.73 Å². The predicted octanol–water partition coefficient (Wildman–Crippen LogP) is 1.97. The number of nitrogens with two attached hydrogens (primary N) is 1. The molecule has 1 aromatic heterocycles. The SMILES string of the molecule is CCCCC1C(=O)N(C)CCN1c1nc(CCN)nc2ccccc12. The summed E-state index contributed by atoms with van der Waals surface area (Å²) in [7, 11) is 1.89. The number of fused-ring (bicyclic) bond motifs is 1. The third-order valence-corrected chi connectivity index (χ3v) is 4.81. The largest absolute Gasteiger partial charge is 0.342 e. The lowest BCUT2D eigenvalue weighted by molar-refractivity contribution is -0.133. The Morgan fingerprint density at radius 2 is 2.04 bits per heavy atom. The maximum Gasteiger partial charge on any atom is 0.245 e. The number of hydrogen-bond acceptors (Lipinski definition) is 5. The van der Waals surface area contributed by atoms with Crippen LogP contribution in [0.15, 0.2) is 24.3 Å². The Morgan fingerprint density at radius 3 is 2.80 bits per heavy atom. The number of amides is 1. The van der Waals surface area contributed by atoms with E-state index in [0.29, 0.717) is 19.5 Å². The summed E-state index contributed by atoms with van der Waals surface area (Å²) in [6.45, 7) is 4.17. The van der Waals surface area contributed by atoms with E-state index in [0.717, 1.165) is 48.4 Å². The van der Waals surface area contributed by atoms with Gasteiger partial charge in [0.15, 0.2) is 0 Å². The van der Waals surface area contributed by atoms with Gasteiger partial charge >= 0.3 is 0 Å². The Bertz CT molecular complexity index is 748. The first-order valence-corrected chi connectivity index (χ1v) is 9.13. The van der Waals surface area contributed by atoms with Crippen LogP contribution in [0.5, 0.6) is 0 Å². The van der Waals surface area contributed by atoms with E-state index in [1.165, 1.54) is 0 Å². The second kappa shape index (κ2) is 7.78. The van der Waals surface area contributed by atoms with Gasteiger partial charge in [0.25, 0.3) is 0 Å². The van der Waals surface area contributed by atoms with E-state index in [9.17, 15) is 4.79 Å². The lowest BCUT2D eigenvalue weighted by Gasteiger charge is -2.40. The molecule has 0 saturated carbocycles. The average Bonchev–Trinajstić information content (AvgIpc) is 2.62. The van der Waals surface area contributed by atoms with Gasteiger partial charge < -0.3 is 15.5 Å². The van der Waals surface area contributed by atoms with E-state index < -0.39 is 0 Å². The molecular weight excluding hydrogens is 314 g/mol. The van der Waals surface area contributed by atoms with Crippen LogP contribution in [0.25, 0.3) is 10.9 Å². The number of carbonyl (C=O) groups is 1. The monoisotopic (exact) mass is 341 g/mol. The summed E-state index contributed by atoms with van der Waals surface area (Å²) in [5, 5.41) is 1.00. The molecule has 2 aromatic rings. The summed E-state index contributed by atoms with van der Waals surface area (Å²) < 4.78 is 0. The van der Waals surface area contributed by atoms with Gasteiger partial charge in [-0.1, -0.05) is 31.9 Å². The van der Waals surface area contributed by atoms with Gasteiger partial charge in [-0.15, -0.1) is 0 Å². The van der Waals surface area contributed by atoms with Crippen molar-refractivity contribution in [3.05, 3.63) is 30.1 Å². The van der Waals surface area contributed by atoms with Crippen LogP contribution < -0.4 is 10.6 Å². The summed E-state index contributed by atoms with van der Waals surface area (Å²) >= 11 is 0. The van der Waals surface area contributed by atoms with Gasteiger partial charge in [0.2, 0.25) is 5.91 Å². The third kappa shape index (κ3) is 3.58. The molecule has 134 valence electrons. The topological polar surface area (TPSA) is 75.4 Å². The summed E-state index contributed by atoms with van der Waals surface area (Å²) in [6.07, 6.45) is 3.59. The minimum absolute atomic E-state index is 0.150. The highest BCUT2D eigenvalue weighted by molar-refractivity contribution is 5.93. The first-order chi connectivity index (χ1) is 12.2. The molecule has 1 amide bonds. The minimum Gasteiger partial charge on any atom is -0.342 e. The molecule has 1 unspecified atom stereocenters. The highest BCUT2D eigenvalue weighted by Crippen LogP contribution is 2.29. The number of aromatic nitrogens is 2. The van der Waals surface area contributed by atoms with Crippen molar-refractivity contribution in [2.45, 2.75) is 38.6 Å². The first kappa shape index (κ1) is 17.6. The Kier molecular flexibility index (Phi) is 5.48. The number of hydrogen-bond donors (Lipinski definition) is 1. The molecule has 1 atom stereocenters. The molecule has 0 bridgehead atoms. The third-order valence-electron chi connectivity index (χ3n) is 4.81. The summed E-state index contributed by atoms with van der Waals surface area (Å²) in [5.41, 5.74) is 6.63. The van der Waals surface area contributed by atoms with Crippen molar-refractivity contribution >= 4 is 22.6 Å². The molecule has 1 aliphatic rings. The molecular formula is C19H27N5O. The van der Waals surface area contributed by atoms with Crippen molar-refractivity contribution in [3.63, 3.8) is 0 Å². The number of rotatable bonds is 6. The normalized spacial score (nSPS) is 18.2. The van der Waals surface area contributed by atoms with Crippen LogP contribution in [0.2, 0.25) is 0 Å². The number of nitrogens with zero attached hydrogens (tertiary/aromatic N) is 4. The number of likely N-dealkylation sites (N-methyl/N-ethyl adjacent to an activating group) is 1. The van der Waals surface area contributed by atoms with Crippen molar-refractivity contribution in [1.29, 1.82) is 0 Å². The first-order valence-electron chi connectivity index (χ1n) is 9.13. The minimum atomic E-state index is -0.150. The zero-order valence-corrected chi connectivity index (χ0v) is 15.1. The van der Waals surface area contributed by atoms with Gasteiger partial charge in [-0.05, 0) is 25.1 Å². The van der Waals surface area contributed by atoms with E-state index in [1.54, 1.807) is 0 Å². The number of benzene rings is 1. The molecule has 3 rings (SSSR count). The van der Waals surface area contributed by atoms with Gasteiger partial charge in [0.1, 0.15) is 17.7 Å². The second-order valence-electron chi connectivity index (χ2n) is 6.63. The fraction of sp³-hybridized carbons (Fsp3) is 0.526. The van der Waals surface area contributed by atoms with Crippen LogP contribution >= 0.6 is 0 Å². The number of para-hydroxylation sites is 1. The maximum absolute atomic E-state index is 12.8. The van der Waals surface area contributed by atoms with Gasteiger partial charge in [-0.3, -0.25) is 4.79 Å². The quantitative estimate of drug-likeness (QED) is 0.869. The van der Waals surface area contributed by atoms with Gasteiger partial charge in [0.05, 0.1) is 5.52 Å². The van der Waals surface area contributed by atoms with Crippen LogP contribution in [0.4, 0.5) is 5.82 Å². The standard InChI is InChI=1S/C19H27N5O/c1-3-4-9-16-19(25)23(2)12-13-24(16)18-14-7-5-6-8-15(14)21-17(22-18)10-11-20/h5-8,16H,3-4,9-13,20H2,1-2H3. The summed E-state index contributed by atoms with van der Waals surface area (Å²) in [4.78, 5) is 26.2. The predicted molar refractivity (Wildman–Crippen MR) is 101 cm³/mol. The molecule has 1 aromatic carbocycles. The second-order valence-corrected chi connectivity index (χ2v) is 6.63.